The highest BCUT2D eigenvalue weighted by Crippen LogP contribution is 2.25. The molecular formula is C20H17FN2O3. The number of hydrogen-bond donors (Lipinski definition) is 1. The first kappa shape index (κ1) is 17.4. The molecule has 0 spiro atoms. The Kier molecular flexibility index (Phi) is 5.12. The molecule has 1 heterocycles. The first-order valence-electron chi connectivity index (χ1n) is 7.86. The molecule has 0 atom stereocenters. The molecule has 0 unspecified atom stereocenters. The Hall–Kier alpha value is -3.41. The highest BCUT2D eigenvalue weighted by molar-refractivity contribution is 6.06. The van der Waals surface area contributed by atoms with E-state index in [0.29, 0.717) is 34.0 Å². The topological polar surface area (TPSA) is 64.2 Å². The van der Waals surface area contributed by atoms with E-state index >= 15 is 0 Å². The van der Waals surface area contributed by atoms with E-state index in [0.717, 1.165) is 0 Å². The van der Waals surface area contributed by atoms with Crippen molar-refractivity contribution in [2.75, 3.05) is 14.2 Å². The van der Waals surface area contributed by atoms with Crippen LogP contribution in [0.1, 0.15) is 16.1 Å². The van der Waals surface area contributed by atoms with Crippen LogP contribution < -0.4 is 9.47 Å². The van der Waals surface area contributed by atoms with Gasteiger partial charge in [-0.2, -0.15) is 5.10 Å². The molecule has 5 nitrogen and oxygen atoms in total. The number of ether oxygens (including phenoxy) is 2. The van der Waals surface area contributed by atoms with Crippen LogP contribution in [0.3, 0.4) is 0 Å². The number of aromatic nitrogens is 2. The summed E-state index contributed by atoms with van der Waals surface area (Å²) in [5.41, 5.74) is 1.94. The zero-order chi connectivity index (χ0) is 18.5. The second-order valence-electron chi connectivity index (χ2n) is 5.48. The molecule has 3 aromatic rings. The molecule has 132 valence electrons. The number of allylic oxidation sites excluding steroid dienone is 1. The third-order valence-electron chi connectivity index (χ3n) is 3.84. The predicted molar refractivity (Wildman–Crippen MR) is 96.9 cm³/mol. The van der Waals surface area contributed by atoms with Gasteiger partial charge < -0.3 is 9.47 Å². The summed E-state index contributed by atoms with van der Waals surface area (Å²) in [5, 5.41) is 6.87. The molecule has 1 aromatic heterocycles. The monoisotopic (exact) mass is 352 g/mol. The SMILES string of the molecule is COc1ccc(C(=O)/C=C/c2cc(-c3ccc(OC)cc3F)n[nH]2)cc1. The zero-order valence-corrected chi connectivity index (χ0v) is 14.3. The number of nitrogens with zero attached hydrogens (tertiary/aromatic N) is 1. The van der Waals surface area contributed by atoms with Crippen molar-refractivity contribution in [3.63, 3.8) is 0 Å². The van der Waals surface area contributed by atoms with Gasteiger partial charge in [0, 0.05) is 17.2 Å². The number of ketones is 1. The molecule has 3 rings (SSSR count). The summed E-state index contributed by atoms with van der Waals surface area (Å²) in [6, 6.07) is 13.1. The number of methoxy groups -OCH3 is 2. The number of rotatable bonds is 6. The maximum Gasteiger partial charge on any atom is 0.185 e. The van der Waals surface area contributed by atoms with Gasteiger partial charge in [0.15, 0.2) is 5.78 Å². The molecule has 0 saturated carbocycles. The van der Waals surface area contributed by atoms with Crippen molar-refractivity contribution in [2.24, 2.45) is 0 Å². The Morgan fingerprint density at radius 1 is 1.04 bits per heavy atom. The lowest BCUT2D eigenvalue weighted by atomic mass is 10.1. The Bertz CT molecular complexity index is 946. The molecule has 6 heteroatoms. The van der Waals surface area contributed by atoms with Gasteiger partial charge in [0.1, 0.15) is 17.3 Å². The number of carbonyl (C=O) groups is 1. The highest BCUT2D eigenvalue weighted by atomic mass is 19.1. The summed E-state index contributed by atoms with van der Waals surface area (Å²) >= 11 is 0. The van der Waals surface area contributed by atoms with Crippen molar-refractivity contribution in [3.8, 4) is 22.8 Å². The molecule has 0 amide bonds. The van der Waals surface area contributed by atoms with Crippen LogP contribution in [0.5, 0.6) is 11.5 Å². The van der Waals surface area contributed by atoms with Crippen LogP contribution in [0, 0.1) is 5.82 Å². The van der Waals surface area contributed by atoms with E-state index in [1.165, 1.54) is 19.3 Å². The molecule has 0 aliphatic heterocycles. The minimum absolute atomic E-state index is 0.153. The molecule has 0 radical (unpaired) electrons. The van der Waals surface area contributed by atoms with Crippen LogP contribution in [0.4, 0.5) is 4.39 Å². The Balaban J connectivity index is 1.75. The normalized spacial score (nSPS) is 10.9. The molecule has 0 fully saturated rings. The summed E-state index contributed by atoms with van der Waals surface area (Å²) in [6.07, 6.45) is 3.04. The predicted octanol–water partition coefficient (Wildman–Crippen LogP) is 4.13. The summed E-state index contributed by atoms with van der Waals surface area (Å²) in [7, 11) is 3.05. The highest BCUT2D eigenvalue weighted by Gasteiger charge is 2.10. The average molecular weight is 352 g/mol. The average Bonchev–Trinajstić information content (AvgIpc) is 3.14. The Morgan fingerprint density at radius 3 is 2.38 bits per heavy atom. The first-order valence-corrected chi connectivity index (χ1v) is 7.86. The Morgan fingerprint density at radius 2 is 1.73 bits per heavy atom. The van der Waals surface area contributed by atoms with Crippen LogP contribution in [0.25, 0.3) is 17.3 Å². The molecule has 0 bridgehead atoms. The smallest absolute Gasteiger partial charge is 0.185 e. The third kappa shape index (κ3) is 3.80. The number of aromatic amines is 1. The molecule has 26 heavy (non-hydrogen) atoms. The quantitative estimate of drug-likeness (QED) is 0.535. The van der Waals surface area contributed by atoms with E-state index in [4.69, 9.17) is 9.47 Å². The number of benzene rings is 2. The standard InChI is InChI=1S/C20H17FN2O3/c1-25-15-6-3-13(4-7-15)20(24)10-5-14-11-19(23-22-14)17-9-8-16(26-2)12-18(17)21/h3-12H,1-2H3,(H,22,23)/b10-5+. The lowest BCUT2D eigenvalue weighted by Gasteiger charge is -2.02. The second kappa shape index (κ2) is 7.65. The fourth-order valence-corrected chi connectivity index (χ4v) is 2.41. The third-order valence-corrected chi connectivity index (χ3v) is 3.84. The second-order valence-corrected chi connectivity index (χ2v) is 5.48. The van der Waals surface area contributed by atoms with Crippen molar-refractivity contribution < 1.29 is 18.7 Å². The molecule has 2 aromatic carbocycles. The van der Waals surface area contributed by atoms with Crippen molar-refractivity contribution in [1.82, 2.24) is 10.2 Å². The lowest BCUT2D eigenvalue weighted by molar-refractivity contribution is 0.104. The minimum atomic E-state index is -0.430. The Labute approximate surface area is 150 Å². The largest absolute Gasteiger partial charge is 0.497 e. The van der Waals surface area contributed by atoms with Crippen molar-refractivity contribution in [1.29, 1.82) is 0 Å². The first-order chi connectivity index (χ1) is 12.6. The van der Waals surface area contributed by atoms with Crippen molar-refractivity contribution in [2.45, 2.75) is 0 Å². The van der Waals surface area contributed by atoms with Crippen LogP contribution in [0.15, 0.2) is 54.6 Å². The van der Waals surface area contributed by atoms with Crippen LogP contribution >= 0.6 is 0 Å². The van der Waals surface area contributed by atoms with Crippen LogP contribution in [-0.2, 0) is 0 Å². The number of H-pyrrole nitrogens is 1. The number of hydrogen-bond acceptors (Lipinski definition) is 4. The molecule has 0 aliphatic rings. The van der Waals surface area contributed by atoms with E-state index in [1.54, 1.807) is 55.7 Å². The fraction of sp³-hybridized carbons (Fsp3) is 0.100. The molecule has 0 saturated heterocycles. The summed E-state index contributed by atoms with van der Waals surface area (Å²) < 4.78 is 24.2. The molecule has 0 aliphatic carbocycles. The van der Waals surface area contributed by atoms with E-state index in [2.05, 4.69) is 10.2 Å². The van der Waals surface area contributed by atoms with Gasteiger partial charge in [-0.25, -0.2) is 4.39 Å². The van der Waals surface area contributed by atoms with E-state index < -0.39 is 5.82 Å². The van der Waals surface area contributed by atoms with Gasteiger partial charge in [0.2, 0.25) is 0 Å². The van der Waals surface area contributed by atoms with E-state index in [9.17, 15) is 9.18 Å². The lowest BCUT2D eigenvalue weighted by Crippen LogP contribution is -1.94. The van der Waals surface area contributed by atoms with Gasteiger partial charge in [0.05, 0.1) is 25.6 Å². The summed E-state index contributed by atoms with van der Waals surface area (Å²) in [6.45, 7) is 0. The van der Waals surface area contributed by atoms with Gasteiger partial charge in [0.25, 0.3) is 0 Å². The van der Waals surface area contributed by atoms with Gasteiger partial charge in [-0.05, 0) is 54.6 Å². The van der Waals surface area contributed by atoms with E-state index in [-0.39, 0.29) is 5.78 Å². The van der Waals surface area contributed by atoms with E-state index in [1.807, 2.05) is 0 Å². The maximum atomic E-state index is 14.1. The van der Waals surface area contributed by atoms with Gasteiger partial charge >= 0.3 is 0 Å². The van der Waals surface area contributed by atoms with Gasteiger partial charge in [-0.15, -0.1) is 0 Å². The van der Waals surface area contributed by atoms with Crippen LogP contribution in [0.2, 0.25) is 0 Å². The minimum Gasteiger partial charge on any atom is -0.497 e. The number of carbonyl (C=O) groups excluding carboxylic acids is 1. The zero-order valence-electron chi connectivity index (χ0n) is 14.3. The number of halogens is 1. The van der Waals surface area contributed by atoms with Gasteiger partial charge in [-0.3, -0.25) is 9.89 Å². The summed E-state index contributed by atoms with van der Waals surface area (Å²) in [5.74, 6) is 0.539. The fourth-order valence-electron chi connectivity index (χ4n) is 2.41. The molecular weight excluding hydrogens is 335 g/mol. The maximum absolute atomic E-state index is 14.1. The summed E-state index contributed by atoms with van der Waals surface area (Å²) in [4.78, 5) is 12.2. The number of nitrogens with one attached hydrogen (secondary N) is 1. The molecule has 1 N–H and O–H groups in total. The van der Waals surface area contributed by atoms with Crippen molar-refractivity contribution >= 4 is 11.9 Å². The van der Waals surface area contributed by atoms with Gasteiger partial charge in [-0.1, -0.05) is 0 Å². The van der Waals surface area contributed by atoms with Crippen LogP contribution in [-0.4, -0.2) is 30.2 Å². The van der Waals surface area contributed by atoms with Crippen molar-refractivity contribution in [3.05, 3.63) is 71.7 Å².